The van der Waals surface area contributed by atoms with Crippen molar-refractivity contribution in [3.8, 4) is 22.9 Å². The normalized spacial score (nSPS) is 10.6. The Balaban J connectivity index is 1.50. The molecule has 36 heavy (non-hydrogen) atoms. The van der Waals surface area contributed by atoms with Gasteiger partial charge in [-0.1, -0.05) is 42.1 Å². The van der Waals surface area contributed by atoms with Crippen molar-refractivity contribution in [3.05, 3.63) is 78.4 Å². The van der Waals surface area contributed by atoms with E-state index in [1.807, 2.05) is 31.2 Å². The Kier molecular flexibility index (Phi) is 7.86. The van der Waals surface area contributed by atoms with E-state index < -0.39 is 0 Å². The van der Waals surface area contributed by atoms with Gasteiger partial charge in [0.1, 0.15) is 18.0 Å². The van der Waals surface area contributed by atoms with Gasteiger partial charge in [-0.2, -0.15) is 0 Å². The lowest BCUT2D eigenvalue weighted by Gasteiger charge is -2.09. The van der Waals surface area contributed by atoms with Crippen LogP contribution in [-0.2, 0) is 16.1 Å². The van der Waals surface area contributed by atoms with Gasteiger partial charge in [0.2, 0.25) is 11.8 Å². The molecule has 184 valence electrons. The summed E-state index contributed by atoms with van der Waals surface area (Å²) >= 11 is 1.15. The Morgan fingerprint density at radius 3 is 2.42 bits per heavy atom. The van der Waals surface area contributed by atoms with E-state index in [4.69, 9.17) is 4.74 Å². The van der Waals surface area contributed by atoms with Crippen LogP contribution in [0.1, 0.15) is 5.56 Å². The summed E-state index contributed by atoms with van der Waals surface area (Å²) in [7, 11) is 1.57. The van der Waals surface area contributed by atoms with Gasteiger partial charge in [0.15, 0.2) is 11.0 Å². The van der Waals surface area contributed by atoms with Crippen LogP contribution in [-0.4, -0.2) is 44.5 Å². The predicted molar refractivity (Wildman–Crippen MR) is 139 cm³/mol. The second-order valence-electron chi connectivity index (χ2n) is 7.82. The number of hydrogen-bond acceptors (Lipinski definition) is 7. The van der Waals surface area contributed by atoms with E-state index in [1.54, 1.807) is 49.6 Å². The van der Waals surface area contributed by atoms with E-state index >= 15 is 0 Å². The Morgan fingerprint density at radius 2 is 1.69 bits per heavy atom. The van der Waals surface area contributed by atoms with Gasteiger partial charge in [-0.05, 0) is 55.0 Å². The van der Waals surface area contributed by atoms with Gasteiger partial charge < -0.3 is 20.5 Å². The van der Waals surface area contributed by atoms with Gasteiger partial charge in [0.25, 0.3) is 0 Å². The lowest BCUT2D eigenvalue weighted by atomic mass is 10.2. The van der Waals surface area contributed by atoms with Crippen LogP contribution in [0.5, 0.6) is 11.5 Å². The number of hydrogen-bond donors (Lipinski definition) is 3. The van der Waals surface area contributed by atoms with Gasteiger partial charge in [0.05, 0.1) is 18.4 Å². The number of aromatic hydroxyl groups is 1. The van der Waals surface area contributed by atoms with Crippen LogP contribution in [0, 0.1) is 6.92 Å². The molecule has 9 nitrogen and oxygen atoms in total. The third-order valence-corrected chi connectivity index (χ3v) is 6.17. The number of phenols is 1. The third-order valence-electron chi connectivity index (χ3n) is 5.20. The molecule has 3 aromatic carbocycles. The first-order valence-electron chi connectivity index (χ1n) is 11.1. The van der Waals surface area contributed by atoms with Crippen LogP contribution in [0.15, 0.2) is 78.0 Å². The number of carbonyl (C=O) groups is 2. The summed E-state index contributed by atoms with van der Waals surface area (Å²) in [6, 6.07) is 21.2. The Bertz CT molecular complexity index is 1370. The van der Waals surface area contributed by atoms with Crippen molar-refractivity contribution in [1.29, 1.82) is 0 Å². The van der Waals surface area contributed by atoms with Gasteiger partial charge in [-0.15, -0.1) is 5.10 Å². The molecule has 0 saturated carbocycles. The molecule has 1 aromatic heterocycles. The molecule has 0 radical (unpaired) electrons. The van der Waals surface area contributed by atoms with E-state index in [-0.39, 0.29) is 35.7 Å². The summed E-state index contributed by atoms with van der Waals surface area (Å²) in [5, 5.41) is 20.8. The fraction of sp³-hybridized carbons (Fsp3) is 0.154. The van der Waals surface area contributed by atoms with Crippen LogP contribution in [0.4, 0.5) is 11.4 Å². The maximum atomic E-state index is 12.8. The molecule has 2 amide bonds. The maximum absolute atomic E-state index is 12.8. The molecule has 0 fully saturated rings. The molecule has 0 aliphatic rings. The maximum Gasteiger partial charge on any atom is 0.246 e. The number of aryl methyl sites for hydroxylation is 1. The number of methoxy groups -OCH3 is 1. The van der Waals surface area contributed by atoms with Crippen LogP contribution in [0.2, 0.25) is 0 Å². The fourth-order valence-corrected chi connectivity index (χ4v) is 4.09. The minimum atomic E-state index is -0.289. The first kappa shape index (κ1) is 24.8. The zero-order valence-electron chi connectivity index (χ0n) is 19.8. The summed E-state index contributed by atoms with van der Waals surface area (Å²) < 4.78 is 6.56. The van der Waals surface area contributed by atoms with E-state index in [0.717, 1.165) is 17.3 Å². The van der Waals surface area contributed by atoms with E-state index in [1.165, 1.54) is 10.7 Å². The van der Waals surface area contributed by atoms with Gasteiger partial charge in [-0.3, -0.25) is 9.59 Å². The largest absolute Gasteiger partial charge is 0.507 e. The Hall–Kier alpha value is -4.31. The monoisotopic (exact) mass is 503 g/mol. The topological polar surface area (TPSA) is 118 Å². The molecular formula is C26H25N5O4S. The number of carbonyl (C=O) groups excluding carboxylic acids is 2. The minimum Gasteiger partial charge on any atom is -0.507 e. The number of phenolic OH excluding ortho intramolecular Hbond substituents is 1. The van der Waals surface area contributed by atoms with Crippen LogP contribution < -0.4 is 15.4 Å². The number of amides is 2. The van der Waals surface area contributed by atoms with Crippen molar-refractivity contribution in [1.82, 2.24) is 14.8 Å². The van der Waals surface area contributed by atoms with Crippen molar-refractivity contribution in [2.24, 2.45) is 0 Å². The molecule has 0 saturated heterocycles. The highest BCUT2D eigenvalue weighted by Crippen LogP contribution is 2.28. The minimum absolute atomic E-state index is 0.0211. The molecule has 10 heteroatoms. The molecule has 0 unspecified atom stereocenters. The van der Waals surface area contributed by atoms with Crippen molar-refractivity contribution >= 4 is 35.0 Å². The molecule has 4 aromatic rings. The number of rotatable bonds is 9. The van der Waals surface area contributed by atoms with E-state index in [2.05, 4.69) is 20.7 Å². The highest BCUT2D eigenvalue weighted by Gasteiger charge is 2.18. The Morgan fingerprint density at radius 1 is 0.972 bits per heavy atom. The van der Waals surface area contributed by atoms with Crippen molar-refractivity contribution in [2.45, 2.75) is 18.6 Å². The van der Waals surface area contributed by atoms with E-state index in [0.29, 0.717) is 27.8 Å². The number of benzene rings is 3. The summed E-state index contributed by atoms with van der Waals surface area (Å²) in [4.78, 5) is 29.8. The summed E-state index contributed by atoms with van der Waals surface area (Å²) in [6.07, 6.45) is 0. The lowest BCUT2D eigenvalue weighted by Crippen LogP contribution is -2.21. The molecule has 0 atom stereocenters. The highest BCUT2D eigenvalue weighted by atomic mass is 32.2. The lowest BCUT2D eigenvalue weighted by molar-refractivity contribution is -0.117. The van der Waals surface area contributed by atoms with E-state index in [9.17, 15) is 14.7 Å². The number of ether oxygens (including phenoxy) is 1. The third kappa shape index (κ3) is 6.22. The Labute approximate surface area is 212 Å². The molecule has 0 aliphatic heterocycles. The van der Waals surface area contributed by atoms with Gasteiger partial charge >= 0.3 is 0 Å². The number of anilines is 2. The summed E-state index contributed by atoms with van der Waals surface area (Å²) in [6.45, 7) is 1.79. The molecule has 1 heterocycles. The summed E-state index contributed by atoms with van der Waals surface area (Å²) in [5.74, 6) is 0.485. The smallest absolute Gasteiger partial charge is 0.246 e. The predicted octanol–water partition coefficient (Wildman–Crippen LogP) is 4.34. The standard InChI is InChI=1S/C26H25N5O4S/c1-17-7-3-5-9-21(17)28-23(33)15-31-26(29-25(30-31)20-8-4-6-10-22(20)32)36-16-24(34)27-18-11-13-19(35-2)14-12-18/h3-14,32H,15-16H2,1-2H3,(H,27,34)(H,28,33). The average molecular weight is 504 g/mol. The van der Waals surface area contributed by atoms with Gasteiger partial charge in [-0.25, -0.2) is 9.67 Å². The molecule has 0 spiro atoms. The number of thioether (sulfide) groups is 1. The quantitative estimate of drug-likeness (QED) is 0.291. The second-order valence-corrected chi connectivity index (χ2v) is 8.76. The summed E-state index contributed by atoms with van der Waals surface area (Å²) in [5.41, 5.74) is 2.70. The van der Waals surface area contributed by atoms with Crippen LogP contribution in [0.3, 0.4) is 0 Å². The van der Waals surface area contributed by atoms with Crippen LogP contribution >= 0.6 is 11.8 Å². The van der Waals surface area contributed by atoms with Gasteiger partial charge in [0, 0.05) is 11.4 Å². The van der Waals surface area contributed by atoms with Crippen molar-refractivity contribution < 1.29 is 19.4 Å². The molecular weight excluding hydrogens is 478 g/mol. The molecule has 0 bridgehead atoms. The average Bonchev–Trinajstić information content (AvgIpc) is 3.27. The second kappa shape index (κ2) is 11.4. The zero-order valence-corrected chi connectivity index (χ0v) is 20.6. The number of aromatic nitrogens is 3. The van der Waals surface area contributed by atoms with Crippen molar-refractivity contribution in [3.63, 3.8) is 0 Å². The fourth-order valence-electron chi connectivity index (χ4n) is 3.35. The molecule has 0 aliphatic carbocycles. The zero-order chi connectivity index (χ0) is 25.5. The molecule has 3 N–H and O–H groups in total. The van der Waals surface area contributed by atoms with Crippen molar-refractivity contribution in [2.75, 3.05) is 23.5 Å². The number of nitrogens with zero attached hydrogens (tertiary/aromatic N) is 3. The number of nitrogens with one attached hydrogen (secondary N) is 2. The first-order valence-corrected chi connectivity index (χ1v) is 12.1. The first-order chi connectivity index (χ1) is 17.4. The SMILES string of the molecule is COc1ccc(NC(=O)CSc2nc(-c3ccccc3O)nn2CC(=O)Nc2ccccc2C)cc1. The van der Waals surface area contributed by atoms with Crippen LogP contribution in [0.25, 0.3) is 11.4 Å². The molecule has 4 rings (SSSR count). The highest BCUT2D eigenvalue weighted by molar-refractivity contribution is 7.99. The number of para-hydroxylation sites is 2.